The molecular formula is C14H16O2. The van der Waals surface area contributed by atoms with Crippen molar-refractivity contribution in [2.45, 2.75) is 31.8 Å². The summed E-state index contributed by atoms with van der Waals surface area (Å²) in [5, 5.41) is 0. The highest BCUT2D eigenvalue weighted by Gasteiger charge is 2.28. The molecular weight excluding hydrogens is 200 g/mol. The van der Waals surface area contributed by atoms with Gasteiger partial charge in [0.15, 0.2) is 0 Å². The third-order valence-electron chi connectivity index (χ3n) is 2.99. The highest BCUT2D eigenvalue weighted by Crippen LogP contribution is 2.31. The second-order valence-corrected chi connectivity index (χ2v) is 4.08. The number of carbonyl (C=O) groups excluding carboxylic acids is 1. The monoisotopic (exact) mass is 216 g/mol. The maximum absolute atomic E-state index is 11.7. The average Bonchev–Trinajstić information content (AvgIpc) is 2.32. The number of unbranched alkanes of at least 4 members (excludes halogenated alkanes) is 1. The van der Waals surface area contributed by atoms with Crippen LogP contribution >= 0.6 is 0 Å². The molecule has 1 aliphatic heterocycles. The Hall–Kier alpha value is -1.57. The SMILES string of the molecule is C=CCCCC1C(=O)OCc2ccccc21. The fourth-order valence-corrected chi connectivity index (χ4v) is 2.12. The van der Waals surface area contributed by atoms with E-state index in [9.17, 15) is 4.79 Å². The zero-order chi connectivity index (χ0) is 11.4. The van der Waals surface area contributed by atoms with Crippen molar-refractivity contribution in [2.75, 3.05) is 0 Å². The van der Waals surface area contributed by atoms with Crippen molar-refractivity contribution in [1.82, 2.24) is 0 Å². The zero-order valence-electron chi connectivity index (χ0n) is 9.32. The molecule has 1 aromatic carbocycles. The van der Waals surface area contributed by atoms with Gasteiger partial charge >= 0.3 is 5.97 Å². The molecule has 1 aliphatic rings. The molecule has 16 heavy (non-hydrogen) atoms. The lowest BCUT2D eigenvalue weighted by atomic mass is 9.88. The number of hydrogen-bond acceptors (Lipinski definition) is 2. The van der Waals surface area contributed by atoms with Crippen molar-refractivity contribution < 1.29 is 9.53 Å². The van der Waals surface area contributed by atoms with Gasteiger partial charge in [-0.05, 0) is 30.4 Å². The van der Waals surface area contributed by atoms with E-state index in [1.165, 1.54) is 0 Å². The van der Waals surface area contributed by atoms with Crippen LogP contribution in [-0.2, 0) is 16.1 Å². The maximum Gasteiger partial charge on any atom is 0.313 e. The van der Waals surface area contributed by atoms with Crippen LogP contribution < -0.4 is 0 Å². The number of carbonyl (C=O) groups is 1. The molecule has 0 amide bonds. The van der Waals surface area contributed by atoms with Crippen LogP contribution in [0.5, 0.6) is 0 Å². The zero-order valence-corrected chi connectivity index (χ0v) is 9.32. The van der Waals surface area contributed by atoms with Gasteiger partial charge < -0.3 is 4.74 Å². The van der Waals surface area contributed by atoms with Gasteiger partial charge in [0.1, 0.15) is 6.61 Å². The lowest BCUT2D eigenvalue weighted by Gasteiger charge is -2.24. The summed E-state index contributed by atoms with van der Waals surface area (Å²) in [6.45, 7) is 4.11. The summed E-state index contributed by atoms with van der Waals surface area (Å²) in [5.41, 5.74) is 2.29. The van der Waals surface area contributed by atoms with Crippen molar-refractivity contribution in [2.24, 2.45) is 0 Å². The molecule has 84 valence electrons. The summed E-state index contributed by atoms with van der Waals surface area (Å²) in [7, 11) is 0. The molecule has 0 radical (unpaired) electrons. The fraction of sp³-hybridized carbons (Fsp3) is 0.357. The van der Waals surface area contributed by atoms with Crippen LogP contribution in [0.25, 0.3) is 0 Å². The number of fused-ring (bicyclic) bond motifs is 1. The van der Waals surface area contributed by atoms with E-state index in [4.69, 9.17) is 4.74 Å². The largest absolute Gasteiger partial charge is 0.460 e. The first kappa shape index (κ1) is 10.9. The predicted molar refractivity (Wildman–Crippen MR) is 63.0 cm³/mol. The Morgan fingerprint density at radius 1 is 1.44 bits per heavy atom. The second-order valence-electron chi connectivity index (χ2n) is 4.08. The Kier molecular flexibility index (Phi) is 3.40. The van der Waals surface area contributed by atoms with E-state index in [-0.39, 0.29) is 11.9 Å². The van der Waals surface area contributed by atoms with E-state index in [0.717, 1.165) is 30.4 Å². The minimum Gasteiger partial charge on any atom is -0.460 e. The Morgan fingerprint density at radius 2 is 2.25 bits per heavy atom. The molecule has 0 bridgehead atoms. The molecule has 0 N–H and O–H groups in total. The second kappa shape index (κ2) is 4.97. The van der Waals surface area contributed by atoms with E-state index < -0.39 is 0 Å². The lowest BCUT2D eigenvalue weighted by molar-refractivity contribution is -0.148. The van der Waals surface area contributed by atoms with Gasteiger partial charge in [0.25, 0.3) is 0 Å². The molecule has 2 heteroatoms. The summed E-state index contributed by atoms with van der Waals surface area (Å²) < 4.78 is 5.18. The van der Waals surface area contributed by atoms with Gasteiger partial charge in [-0.3, -0.25) is 4.79 Å². The van der Waals surface area contributed by atoms with Crippen LogP contribution in [-0.4, -0.2) is 5.97 Å². The first-order chi connectivity index (χ1) is 7.83. The molecule has 0 fully saturated rings. The molecule has 2 nitrogen and oxygen atoms in total. The van der Waals surface area contributed by atoms with E-state index in [1.807, 2.05) is 30.3 Å². The first-order valence-corrected chi connectivity index (χ1v) is 5.68. The van der Waals surface area contributed by atoms with E-state index in [0.29, 0.717) is 6.61 Å². The van der Waals surface area contributed by atoms with Gasteiger partial charge in [0.2, 0.25) is 0 Å². The Morgan fingerprint density at radius 3 is 3.06 bits per heavy atom. The lowest BCUT2D eigenvalue weighted by Crippen LogP contribution is -2.22. The van der Waals surface area contributed by atoms with Crippen molar-refractivity contribution in [3.63, 3.8) is 0 Å². The number of hydrogen-bond donors (Lipinski definition) is 0. The van der Waals surface area contributed by atoms with Crippen molar-refractivity contribution in [3.05, 3.63) is 48.0 Å². The number of allylic oxidation sites excluding steroid dienone is 1. The predicted octanol–water partition coefficient (Wildman–Crippen LogP) is 3.18. The Balaban J connectivity index is 2.16. The van der Waals surface area contributed by atoms with Gasteiger partial charge in [-0.2, -0.15) is 0 Å². The standard InChI is InChI=1S/C14H16O2/c1-2-3-4-9-13-12-8-6-5-7-11(12)10-16-14(13)15/h2,5-8,13H,1,3-4,9-10H2. The number of rotatable bonds is 4. The molecule has 1 heterocycles. The molecule has 1 atom stereocenters. The number of esters is 1. The highest BCUT2D eigenvalue weighted by atomic mass is 16.5. The molecule has 0 aromatic heterocycles. The van der Waals surface area contributed by atoms with Crippen LogP contribution in [0, 0.1) is 0 Å². The molecule has 0 aliphatic carbocycles. The van der Waals surface area contributed by atoms with Gasteiger partial charge in [0, 0.05) is 0 Å². The smallest absolute Gasteiger partial charge is 0.313 e. The van der Waals surface area contributed by atoms with Crippen molar-refractivity contribution >= 4 is 5.97 Å². The average molecular weight is 216 g/mol. The minimum atomic E-state index is -0.0808. The quantitative estimate of drug-likeness (QED) is 0.439. The van der Waals surface area contributed by atoms with Gasteiger partial charge in [0.05, 0.1) is 5.92 Å². The Bertz CT molecular complexity index is 395. The minimum absolute atomic E-state index is 0.0788. The number of cyclic esters (lactones) is 1. The van der Waals surface area contributed by atoms with Gasteiger partial charge in [-0.25, -0.2) is 0 Å². The third kappa shape index (κ3) is 2.16. The summed E-state index contributed by atoms with van der Waals surface area (Å²) in [5.74, 6) is -0.160. The van der Waals surface area contributed by atoms with Crippen LogP contribution in [0.3, 0.4) is 0 Å². The van der Waals surface area contributed by atoms with Crippen molar-refractivity contribution in [1.29, 1.82) is 0 Å². The molecule has 1 unspecified atom stereocenters. The van der Waals surface area contributed by atoms with E-state index in [2.05, 4.69) is 6.58 Å². The van der Waals surface area contributed by atoms with E-state index >= 15 is 0 Å². The fourth-order valence-electron chi connectivity index (χ4n) is 2.12. The third-order valence-corrected chi connectivity index (χ3v) is 2.99. The van der Waals surface area contributed by atoms with Crippen LogP contribution in [0.1, 0.15) is 36.3 Å². The van der Waals surface area contributed by atoms with E-state index in [1.54, 1.807) is 0 Å². The molecule has 2 rings (SSSR count). The summed E-state index contributed by atoms with van der Waals surface area (Å²) >= 11 is 0. The van der Waals surface area contributed by atoms with Crippen LogP contribution in [0.15, 0.2) is 36.9 Å². The topological polar surface area (TPSA) is 26.3 Å². The normalized spacial score (nSPS) is 18.8. The van der Waals surface area contributed by atoms with Crippen LogP contribution in [0.4, 0.5) is 0 Å². The van der Waals surface area contributed by atoms with Gasteiger partial charge in [-0.15, -0.1) is 6.58 Å². The highest BCUT2D eigenvalue weighted by molar-refractivity contribution is 5.80. The summed E-state index contributed by atoms with van der Waals surface area (Å²) in [6, 6.07) is 8.04. The van der Waals surface area contributed by atoms with Crippen molar-refractivity contribution in [3.8, 4) is 0 Å². The number of benzene rings is 1. The summed E-state index contributed by atoms with van der Waals surface area (Å²) in [6.07, 6.45) is 4.67. The Labute approximate surface area is 95.9 Å². The molecule has 1 aromatic rings. The summed E-state index contributed by atoms with van der Waals surface area (Å²) in [4.78, 5) is 11.7. The van der Waals surface area contributed by atoms with Crippen LogP contribution in [0.2, 0.25) is 0 Å². The molecule has 0 saturated heterocycles. The van der Waals surface area contributed by atoms with Gasteiger partial charge in [-0.1, -0.05) is 30.3 Å². The maximum atomic E-state index is 11.7. The molecule has 0 spiro atoms. The first-order valence-electron chi connectivity index (χ1n) is 5.68. The number of ether oxygens (including phenoxy) is 1. The molecule has 0 saturated carbocycles.